The highest BCUT2D eigenvalue weighted by Crippen LogP contribution is 2.52. The van der Waals surface area contributed by atoms with Crippen molar-refractivity contribution < 1.29 is 9.59 Å². The standard InChI is InChI=1S/C22H32N2O2/c1-20(2,3)19(26)23-17-10-8-7-9-16(17)18(25)24-14-22(6)12-15(24)11-21(4,5)13-22/h7-10,15H,11-14H2,1-6H3,(H,23,26)/t15-,22+/m1/s1. The summed E-state index contributed by atoms with van der Waals surface area (Å²) in [6, 6.07) is 7.68. The molecule has 1 aromatic rings. The lowest BCUT2D eigenvalue weighted by molar-refractivity contribution is -0.123. The van der Waals surface area contributed by atoms with Gasteiger partial charge in [-0.15, -0.1) is 0 Å². The van der Waals surface area contributed by atoms with Crippen molar-refractivity contribution in [2.24, 2.45) is 16.2 Å². The SMILES string of the molecule is CC1(C)C[C@@H]2C[C@](C)(CN2C(=O)c2ccccc2NC(=O)C(C)(C)C)C1. The van der Waals surface area contributed by atoms with Gasteiger partial charge in [0.25, 0.3) is 5.91 Å². The molecule has 0 unspecified atom stereocenters. The lowest BCUT2D eigenvalue weighted by Gasteiger charge is -2.39. The second-order valence-corrected chi connectivity index (χ2v) is 10.4. The van der Waals surface area contributed by atoms with E-state index in [1.54, 1.807) is 0 Å². The fourth-order valence-electron chi connectivity index (χ4n) is 4.94. The van der Waals surface area contributed by atoms with Gasteiger partial charge < -0.3 is 10.2 Å². The molecule has 4 nitrogen and oxygen atoms in total. The largest absolute Gasteiger partial charge is 0.335 e. The van der Waals surface area contributed by atoms with Crippen molar-refractivity contribution in [1.82, 2.24) is 4.90 Å². The van der Waals surface area contributed by atoms with E-state index in [0.717, 1.165) is 25.8 Å². The third kappa shape index (κ3) is 3.65. The van der Waals surface area contributed by atoms with Crippen molar-refractivity contribution in [3.05, 3.63) is 29.8 Å². The number of para-hydroxylation sites is 1. The van der Waals surface area contributed by atoms with E-state index in [4.69, 9.17) is 0 Å². The predicted molar refractivity (Wildman–Crippen MR) is 105 cm³/mol. The van der Waals surface area contributed by atoms with Crippen molar-refractivity contribution in [2.75, 3.05) is 11.9 Å². The number of carbonyl (C=O) groups is 2. The molecule has 1 heterocycles. The van der Waals surface area contributed by atoms with Gasteiger partial charge in [0, 0.05) is 18.0 Å². The number of carbonyl (C=O) groups excluding carboxylic acids is 2. The summed E-state index contributed by atoms with van der Waals surface area (Å²) in [7, 11) is 0. The van der Waals surface area contributed by atoms with Crippen LogP contribution in [0.15, 0.2) is 24.3 Å². The number of anilines is 1. The Morgan fingerprint density at radius 1 is 1.12 bits per heavy atom. The molecule has 1 N–H and O–H groups in total. The smallest absolute Gasteiger partial charge is 0.256 e. The summed E-state index contributed by atoms with van der Waals surface area (Å²) < 4.78 is 0. The van der Waals surface area contributed by atoms with Crippen LogP contribution in [0.2, 0.25) is 0 Å². The zero-order valence-corrected chi connectivity index (χ0v) is 17.0. The van der Waals surface area contributed by atoms with Crippen LogP contribution in [0.1, 0.15) is 71.2 Å². The molecule has 1 aromatic carbocycles. The number of hydrogen-bond acceptors (Lipinski definition) is 2. The zero-order valence-electron chi connectivity index (χ0n) is 17.0. The van der Waals surface area contributed by atoms with Crippen molar-refractivity contribution in [2.45, 2.75) is 66.8 Å². The number of fused-ring (bicyclic) bond motifs is 2. The van der Waals surface area contributed by atoms with E-state index < -0.39 is 5.41 Å². The molecule has 4 heteroatoms. The van der Waals surface area contributed by atoms with Gasteiger partial charge >= 0.3 is 0 Å². The molecule has 2 aliphatic rings. The molecule has 2 amide bonds. The van der Waals surface area contributed by atoms with Crippen LogP contribution in [0.25, 0.3) is 0 Å². The van der Waals surface area contributed by atoms with Crippen molar-refractivity contribution in [1.29, 1.82) is 0 Å². The van der Waals surface area contributed by atoms with Gasteiger partial charge in [0.15, 0.2) is 0 Å². The van der Waals surface area contributed by atoms with Gasteiger partial charge in [0.2, 0.25) is 5.91 Å². The summed E-state index contributed by atoms with van der Waals surface area (Å²) in [6.07, 6.45) is 3.28. The summed E-state index contributed by atoms with van der Waals surface area (Å²) in [5, 5.41) is 2.95. The third-order valence-electron chi connectivity index (χ3n) is 5.76. The van der Waals surface area contributed by atoms with Gasteiger partial charge in [-0.3, -0.25) is 9.59 Å². The number of rotatable bonds is 2. The van der Waals surface area contributed by atoms with Crippen LogP contribution in [0.3, 0.4) is 0 Å². The molecular weight excluding hydrogens is 324 g/mol. The normalized spacial score (nSPS) is 27.3. The Labute approximate surface area is 157 Å². The molecule has 1 saturated carbocycles. The predicted octanol–water partition coefficient (Wildman–Crippen LogP) is 4.71. The fourth-order valence-corrected chi connectivity index (χ4v) is 4.94. The lowest BCUT2D eigenvalue weighted by atomic mass is 9.65. The Balaban J connectivity index is 1.87. The first-order valence-corrected chi connectivity index (χ1v) is 9.62. The maximum Gasteiger partial charge on any atom is 0.256 e. The van der Waals surface area contributed by atoms with Gasteiger partial charge in [-0.1, -0.05) is 53.7 Å². The van der Waals surface area contributed by atoms with E-state index in [9.17, 15) is 9.59 Å². The molecule has 1 aliphatic carbocycles. The highest BCUT2D eigenvalue weighted by atomic mass is 16.2. The van der Waals surface area contributed by atoms with E-state index in [-0.39, 0.29) is 22.6 Å². The highest BCUT2D eigenvalue weighted by molar-refractivity contribution is 6.05. The van der Waals surface area contributed by atoms with E-state index >= 15 is 0 Å². The number of amides is 2. The van der Waals surface area contributed by atoms with Gasteiger partial charge in [0.1, 0.15) is 0 Å². The van der Waals surface area contributed by atoms with E-state index in [0.29, 0.717) is 17.3 Å². The second kappa shape index (κ2) is 6.11. The van der Waals surface area contributed by atoms with E-state index in [1.165, 1.54) is 0 Å². The van der Waals surface area contributed by atoms with Crippen molar-refractivity contribution in [3.8, 4) is 0 Å². The quantitative estimate of drug-likeness (QED) is 0.834. The zero-order chi connectivity index (χ0) is 19.3. The molecule has 2 atom stereocenters. The molecule has 2 bridgehead atoms. The van der Waals surface area contributed by atoms with Crippen LogP contribution < -0.4 is 5.32 Å². The van der Waals surface area contributed by atoms with E-state index in [2.05, 4.69) is 31.0 Å². The van der Waals surface area contributed by atoms with Gasteiger partial charge in [-0.05, 0) is 42.2 Å². The summed E-state index contributed by atoms with van der Waals surface area (Å²) in [6.45, 7) is 13.4. The molecule has 1 aliphatic heterocycles. The Kier molecular flexibility index (Phi) is 4.45. The van der Waals surface area contributed by atoms with Gasteiger partial charge in [-0.25, -0.2) is 0 Å². The maximum atomic E-state index is 13.4. The third-order valence-corrected chi connectivity index (χ3v) is 5.76. The first-order valence-electron chi connectivity index (χ1n) is 9.62. The summed E-state index contributed by atoms with van der Waals surface area (Å²) in [5.74, 6) is -0.0350. The first-order chi connectivity index (χ1) is 11.9. The molecule has 142 valence electrons. The summed E-state index contributed by atoms with van der Waals surface area (Å²) >= 11 is 0. The molecule has 1 saturated heterocycles. The number of benzene rings is 1. The lowest BCUT2D eigenvalue weighted by Crippen LogP contribution is -2.38. The maximum absolute atomic E-state index is 13.4. The Hall–Kier alpha value is -1.84. The fraction of sp³-hybridized carbons (Fsp3) is 0.636. The molecule has 26 heavy (non-hydrogen) atoms. The number of nitrogens with zero attached hydrogens (tertiary/aromatic N) is 1. The van der Waals surface area contributed by atoms with Crippen LogP contribution in [-0.4, -0.2) is 29.3 Å². The number of nitrogens with one attached hydrogen (secondary N) is 1. The van der Waals surface area contributed by atoms with Crippen LogP contribution in [-0.2, 0) is 4.79 Å². The average molecular weight is 357 g/mol. The number of likely N-dealkylation sites (tertiary alicyclic amines) is 1. The minimum Gasteiger partial charge on any atom is -0.335 e. The Morgan fingerprint density at radius 3 is 2.42 bits per heavy atom. The van der Waals surface area contributed by atoms with Crippen molar-refractivity contribution in [3.63, 3.8) is 0 Å². The Bertz CT molecular complexity index is 732. The minimum absolute atomic E-state index is 0.0428. The molecule has 2 fully saturated rings. The highest BCUT2D eigenvalue weighted by Gasteiger charge is 2.51. The van der Waals surface area contributed by atoms with Crippen LogP contribution in [0.5, 0.6) is 0 Å². The summed E-state index contributed by atoms with van der Waals surface area (Å²) in [5.41, 5.74) is 1.18. The first kappa shape index (κ1) is 18.9. The molecule has 0 radical (unpaired) electrons. The second-order valence-electron chi connectivity index (χ2n) is 10.4. The molecule has 0 aromatic heterocycles. The topological polar surface area (TPSA) is 49.4 Å². The van der Waals surface area contributed by atoms with E-state index in [1.807, 2.05) is 45.0 Å². The monoisotopic (exact) mass is 356 g/mol. The van der Waals surface area contributed by atoms with Crippen LogP contribution in [0, 0.1) is 16.2 Å². The van der Waals surface area contributed by atoms with Crippen LogP contribution in [0.4, 0.5) is 5.69 Å². The van der Waals surface area contributed by atoms with Crippen LogP contribution >= 0.6 is 0 Å². The van der Waals surface area contributed by atoms with Gasteiger partial charge in [-0.2, -0.15) is 0 Å². The van der Waals surface area contributed by atoms with Crippen molar-refractivity contribution >= 4 is 17.5 Å². The van der Waals surface area contributed by atoms with Gasteiger partial charge in [0.05, 0.1) is 11.3 Å². The average Bonchev–Trinajstić information content (AvgIpc) is 2.75. The minimum atomic E-state index is -0.502. The molecule has 0 spiro atoms. The molecule has 3 rings (SSSR count). The Morgan fingerprint density at radius 2 is 1.77 bits per heavy atom. The summed E-state index contributed by atoms with van der Waals surface area (Å²) in [4.78, 5) is 27.8. The number of hydrogen-bond donors (Lipinski definition) is 1. The molecular formula is C22H32N2O2.